The lowest BCUT2D eigenvalue weighted by atomic mass is 10.1. The van der Waals surface area contributed by atoms with Crippen molar-refractivity contribution in [1.82, 2.24) is 0 Å². The molecule has 2 nitrogen and oxygen atoms in total. The van der Waals surface area contributed by atoms with Gasteiger partial charge in [-0.15, -0.1) is 0 Å². The minimum atomic E-state index is 0.601. The topological polar surface area (TPSA) is 38.0 Å². The molecule has 1 aromatic carbocycles. The summed E-state index contributed by atoms with van der Waals surface area (Å²) in [4.78, 5) is 0. The Morgan fingerprint density at radius 2 is 2.36 bits per heavy atom. The lowest BCUT2D eigenvalue weighted by molar-refractivity contribution is 0.813. The van der Waals surface area contributed by atoms with E-state index in [2.05, 4.69) is 17.4 Å². The van der Waals surface area contributed by atoms with Crippen LogP contribution in [0.1, 0.15) is 12.0 Å². The average molecular weight is 208 g/mol. The molecule has 1 saturated heterocycles. The molecule has 3 heteroatoms. The second-order valence-electron chi connectivity index (χ2n) is 3.74. The summed E-state index contributed by atoms with van der Waals surface area (Å²) in [5, 5.41) is 3.50. The molecule has 1 aromatic rings. The number of para-hydroxylation sites is 1. The number of benzene rings is 1. The molecule has 1 aliphatic rings. The Hall–Kier alpha value is -0.830. The Balaban J connectivity index is 2.11. The Kier molecular flexibility index (Phi) is 2.87. The third-order valence-corrected chi connectivity index (χ3v) is 3.78. The number of aryl methyl sites for hydroxylation is 1. The molecule has 1 aliphatic heterocycles. The summed E-state index contributed by atoms with van der Waals surface area (Å²) < 4.78 is 0. The number of nitrogens with one attached hydrogen (secondary N) is 1. The molecule has 1 fully saturated rings. The fourth-order valence-corrected chi connectivity index (χ4v) is 2.83. The molecular weight excluding hydrogens is 192 g/mol. The number of hydrogen-bond acceptors (Lipinski definition) is 3. The van der Waals surface area contributed by atoms with Crippen LogP contribution in [0.5, 0.6) is 0 Å². The number of nitrogens with two attached hydrogens (primary N) is 1. The van der Waals surface area contributed by atoms with Crippen LogP contribution >= 0.6 is 11.8 Å². The molecule has 1 heterocycles. The maximum absolute atomic E-state index is 5.99. The normalized spacial score (nSPS) is 21.1. The first kappa shape index (κ1) is 9.71. The highest BCUT2D eigenvalue weighted by molar-refractivity contribution is 7.99. The Labute approximate surface area is 89.3 Å². The van der Waals surface area contributed by atoms with Gasteiger partial charge in [-0.3, -0.25) is 0 Å². The number of hydrogen-bond donors (Lipinski definition) is 2. The minimum absolute atomic E-state index is 0.601. The van der Waals surface area contributed by atoms with Crippen LogP contribution in [0.3, 0.4) is 0 Å². The second-order valence-corrected chi connectivity index (χ2v) is 4.89. The number of rotatable bonds is 2. The van der Waals surface area contributed by atoms with Crippen LogP contribution in [-0.4, -0.2) is 17.5 Å². The van der Waals surface area contributed by atoms with Crippen LogP contribution in [0, 0.1) is 6.92 Å². The van der Waals surface area contributed by atoms with E-state index in [-0.39, 0.29) is 0 Å². The van der Waals surface area contributed by atoms with Crippen molar-refractivity contribution in [1.29, 1.82) is 0 Å². The summed E-state index contributed by atoms with van der Waals surface area (Å²) in [6.45, 7) is 2.05. The van der Waals surface area contributed by atoms with E-state index < -0.39 is 0 Å². The summed E-state index contributed by atoms with van der Waals surface area (Å²) in [7, 11) is 0. The van der Waals surface area contributed by atoms with Gasteiger partial charge in [0.1, 0.15) is 0 Å². The van der Waals surface area contributed by atoms with E-state index in [1.807, 2.05) is 24.8 Å². The summed E-state index contributed by atoms with van der Waals surface area (Å²) >= 11 is 2.01. The predicted octanol–water partition coefficient (Wildman–Crippen LogP) is 2.49. The van der Waals surface area contributed by atoms with Crippen molar-refractivity contribution in [3.8, 4) is 0 Å². The molecule has 76 valence electrons. The van der Waals surface area contributed by atoms with Crippen LogP contribution in [0.15, 0.2) is 18.2 Å². The van der Waals surface area contributed by atoms with Crippen LogP contribution in [0.4, 0.5) is 11.4 Å². The Morgan fingerprint density at radius 1 is 1.50 bits per heavy atom. The van der Waals surface area contributed by atoms with E-state index in [1.54, 1.807) is 0 Å². The molecule has 2 rings (SSSR count). The molecule has 0 spiro atoms. The monoisotopic (exact) mass is 208 g/mol. The highest BCUT2D eigenvalue weighted by atomic mass is 32.2. The van der Waals surface area contributed by atoms with Gasteiger partial charge in [0.05, 0.1) is 11.4 Å². The highest BCUT2D eigenvalue weighted by Gasteiger charge is 2.15. The van der Waals surface area contributed by atoms with Gasteiger partial charge in [-0.25, -0.2) is 0 Å². The molecule has 0 amide bonds. The zero-order valence-electron chi connectivity index (χ0n) is 8.42. The van der Waals surface area contributed by atoms with E-state index in [9.17, 15) is 0 Å². The van der Waals surface area contributed by atoms with E-state index in [4.69, 9.17) is 5.73 Å². The average Bonchev–Trinajstić information content (AvgIpc) is 2.66. The molecule has 0 aromatic heterocycles. The van der Waals surface area contributed by atoms with Crippen molar-refractivity contribution < 1.29 is 0 Å². The van der Waals surface area contributed by atoms with E-state index in [0.29, 0.717) is 6.04 Å². The molecular formula is C11H16N2S. The molecule has 1 unspecified atom stereocenters. The van der Waals surface area contributed by atoms with Crippen molar-refractivity contribution in [2.75, 3.05) is 22.6 Å². The zero-order chi connectivity index (χ0) is 9.97. The summed E-state index contributed by atoms with van der Waals surface area (Å²) in [5.74, 6) is 2.47. The number of anilines is 2. The van der Waals surface area contributed by atoms with E-state index >= 15 is 0 Å². The van der Waals surface area contributed by atoms with Gasteiger partial charge < -0.3 is 11.1 Å². The van der Waals surface area contributed by atoms with Gasteiger partial charge in [0, 0.05) is 11.8 Å². The quantitative estimate of drug-likeness (QED) is 0.733. The van der Waals surface area contributed by atoms with Gasteiger partial charge in [-0.1, -0.05) is 12.1 Å². The fourth-order valence-electron chi connectivity index (χ4n) is 1.67. The molecule has 14 heavy (non-hydrogen) atoms. The van der Waals surface area contributed by atoms with Crippen LogP contribution in [-0.2, 0) is 0 Å². The lowest BCUT2D eigenvalue weighted by Gasteiger charge is -2.15. The van der Waals surface area contributed by atoms with Gasteiger partial charge in [0.2, 0.25) is 0 Å². The van der Waals surface area contributed by atoms with Gasteiger partial charge in [-0.2, -0.15) is 11.8 Å². The molecule has 1 atom stereocenters. The van der Waals surface area contributed by atoms with Crippen LogP contribution in [0.25, 0.3) is 0 Å². The standard InChI is InChI=1S/C11H16N2S/c1-8-3-2-4-10(11(8)12)13-9-5-6-14-7-9/h2-4,9,13H,5-7,12H2,1H3. The minimum Gasteiger partial charge on any atom is -0.397 e. The fraction of sp³-hybridized carbons (Fsp3) is 0.455. The van der Waals surface area contributed by atoms with Gasteiger partial charge in [-0.05, 0) is 30.7 Å². The summed E-state index contributed by atoms with van der Waals surface area (Å²) in [6, 6.07) is 6.76. The molecule has 0 aliphatic carbocycles. The first-order valence-corrected chi connectivity index (χ1v) is 6.12. The third kappa shape index (κ3) is 1.98. The van der Waals surface area contributed by atoms with Crippen molar-refractivity contribution >= 4 is 23.1 Å². The smallest absolute Gasteiger partial charge is 0.0579 e. The van der Waals surface area contributed by atoms with E-state index in [1.165, 1.54) is 17.9 Å². The summed E-state index contributed by atoms with van der Waals surface area (Å²) in [5.41, 5.74) is 9.13. The molecule has 0 saturated carbocycles. The van der Waals surface area contributed by atoms with Crippen molar-refractivity contribution in [3.05, 3.63) is 23.8 Å². The maximum atomic E-state index is 5.99. The Morgan fingerprint density at radius 3 is 3.07 bits per heavy atom. The first-order chi connectivity index (χ1) is 6.77. The highest BCUT2D eigenvalue weighted by Crippen LogP contribution is 2.26. The van der Waals surface area contributed by atoms with Gasteiger partial charge >= 0.3 is 0 Å². The van der Waals surface area contributed by atoms with E-state index in [0.717, 1.165) is 16.9 Å². The zero-order valence-corrected chi connectivity index (χ0v) is 9.23. The number of nitrogen functional groups attached to an aromatic ring is 1. The third-order valence-electron chi connectivity index (χ3n) is 2.61. The second kappa shape index (κ2) is 4.13. The molecule has 3 N–H and O–H groups in total. The van der Waals surface area contributed by atoms with Crippen molar-refractivity contribution in [3.63, 3.8) is 0 Å². The summed E-state index contributed by atoms with van der Waals surface area (Å²) in [6.07, 6.45) is 1.25. The van der Waals surface area contributed by atoms with Crippen LogP contribution in [0.2, 0.25) is 0 Å². The van der Waals surface area contributed by atoms with Gasteiger partial charge in [0.15, 0.2) is 0 Å². The lowest BCUT2D eigenvalue weighted by Crippen LogP contribution is -2.19. The van der Waals surface area contributed by atoms with Crippen molar-refractivity contribution in [2.45, 2.75) is 19.4 Å². The van der Waals surface area contributed by atoms with Crippen molar-refractivity contribution in [2.24, 2.45) is 0 Å². The maximum Gasteiger partial charge on any atom is 0.0579 e. The molecule has 0 radical (unpaired) electrons. The predicted molar refractivity (Wildman–Crippen MR) is 64.9 cm³/mol. The largest absolute Gasteiger partial charge is 0.397 e. The molecule has 0 bridgehead atoms. The van der Waals surface area contributed by atoms with Gasteiger partial charge in [0.25, 0.3) is 0 Å². The number of thioether (sulfide) groups is 1. The Bertz CT molecular complexity index is 319. The first-order valence-electron chi connectivity index (χ1n) is 4.97. The van der Waals surface area contributed by atoms with Crippen LogP contribution < -0.4 is 11.1 Å². The SMILES string of the molecule is Cc1cccc(NC2CCSC2)c1N.